The van der Waals surface area contributed by atoms with Crippen molar-refractivity contribution in [3.8, 4) is 0 Å². The van der Waals surface area contributed by atoms with Crippen LogP contribution >= 0.6 is 0 Å². The zero-order chi connectivity index (χ0) is 11.5. The molecule has 0 radical (unpaired) electrons. The number of hydrogen-bond donors (Lipinski definition) is 0. The monoisotopic (exact) mass is 214 g/mol. The largest absolute Gasteiger partial charge is 0.382 e. The van der Waals surface area contributed by atoms with Crippen molar-refractivity contribution in [2.75, 3.05) is 40.4 Å². The second-order valence-electron chi connectivity index (χ2n) is 3.75. The first kappa shape index (κ1) is 14.6. The molecule has 0 spiro atoms. The normalized spacial score (nSPS) is 12.5. The molecule has 0 aliphatic rings. The molecule has 0 aliphatic heterocycles. The number of hydrogen-bond acceptors (Lipinski definition) is 3. The molecule has 0 N–H and O–H groups in total. The summed E-state index contributed by atoms with van der Waals surface area (Å²) < 4.78 is 5.30. The Bertz CT molecular complexity index is 169. The molecule has 0 saturated carbocycles. The minimum Gasteiger partial charge on any atom is -0.382 e. The lowest BCUT2D eigenvalue weighted by atomic mass is 10.2. The lowest BCUT2D eigenvalue weighted by Crippen LogP contribution is -2.23. The molecule has 0 aliphatic carbocycles. The Hall–Kier alpha value is -0.410. The lowest BCUT2D eigenvalue weighted by molar-refractivity contribution is 0.136. The SMILES string of the molecule is CCOCCCN(C)CCC(CC)=NC. The van der Waals surface area contributed by atoms with Gasteiger partial charge in [-0.3, -0.25) is 4.99 Å². The molecular weight excluding hydrogens is 188 g/mol. The number of ether oxygens (including phenoxy) is 1. The molecule has 0 fully saturated rings. The molecule has 0 saturated heterocycles. The molecule has 90 valence electrons. The molecule has 0 unspecified atom stereocenters. The van der Waals surface area contributed by atoms with E-state index in [0.29, 0.717) is 0 Å². The average molecular weight is 214 g/mol. The predicted molar refractivity (Wildman–Crippen MR) is 66.9 cm³/mol. The summed E-state index contributed by atoms with van der Waals surface area (Å²) in [4.78, 5) is 6.60. The summed E-state index contributed by atoms with van der Waals surface area (Å²) in [5.41, 5.74) is 1.31. The van der Waals surface area contributed by atoms with Crippen molar-refractivity contribution in [2.45, 2.75) is 33.1 Å². The van der Waals surface area contributed by atoms with Crippen LogP contribution in [0.1, 0.15) is 33.1 Å². The molecule has 3 heteroatoms. The molecule has 3 nitrogen and oxygen atoms in total. The third-order valence-corrected chi connectivity index (χ3v) is 2.54. The van der Waals surface area contributed by atoms with E-state index in [2.05, 4.69) is 23.9 Å². The zero-order valence-electron chi connectivity index (χ0n) is 10.8. The van der Waals surface area contributed by atoms with Crippen molar-refractivity contribution in [1.29, 1.82) is 0 Å². The topological polar surface area (TPSA) is 24.8 Å². The van der Waals surface area contributed by atoms with Gasteiger partial charge in [0.25, 0.3) is 0 Å². The Morgan fingerprint density at radius 3 is 2.53 bits per heavy atom. The zero-order valence-corrected chi connectivity index (χ0v) is 10.8. The van der Waals surface area contributed by atoms with Crippen molar-refractivity contribution in [2.24, 2.45) is 4.99 Å². The highest BCUT2D eigenvalue weighted by atomic mass is 16.5. The van der Waals surface area contributed by atoms with Crippen molar-refractivity contribution in [1.82, 2.24) is 4.90 Å². The minimum atomic E-state index is 0.826. The van der Waals surface area contributed by atoms with Crippen LogP contribution in [0.5, 0.6) is 0 Å². The molecule has 0 aromatic carbocycles. The molecule has 0 amide bonds. The van der Waals surface area contributed by atoms with Crippen LogP contribution in [-0.4, -0.2) is 51.0 Å². The molecule has 0 rings (SSSR count). The van der Waals surface area contributed by atoms with Crippen molar-refractivity contribution in [3.63, 3.8) is 0 Å². The second-order valence-corrected chi connectivity index (χ2v) is 3.75. The van der Waals surface area contributed by atoms with E-state index in [0.717, 1.165) is 45.6 Å². The first-order valence-electron chi connectivity index (χ1n) is 5.95. The van der Waals surface area contributed by atoms with Crippen LogP contribution in [0.3, 0.4) is 0 Å². The molecule has 0 heterocycles. The standard InChI is InChI=1S/C12H26N2O/c1-5-12(13-3)8-10-14(4)9-7-11-15-6-2/h5-11H2,1-4H3. The highest BCUT2D eigenvalue weighted by molar-refractivity contribution is 5.84. The van der Waals surface area contributed by atoms with Gasteiger partial charge in [0, 0.05) is 39.1 Å². The van der Waals surface area contributed by atoms with Crippen molar-refractivity contribution in [3.05, 3.63) is 0 Å². The summed E-state index contributed by atoms with van der Waals surface area (Å²) in [6.07, 6.45) is 3.29. The van der Waals surface area contributed by atoms with Crippen LogP contribution < -0.4 is 0 Å². The van der Waals surface area contributed by atoms with Gasteiger partial charge in [-0.05, 0) is 33.2 Å². The van der Waals surface area contributed by atoms with Crippen LogP contribution in [0.2, 0.25) is 0 Å². The van der Waals surface area contributed by atoms with E-state index in [1.807, 2.05) is 14.0 Å². The van der Waals surface area contributed by atoms with Crippen molar-refractivity contribution < 1.29 is 4.74 Å². The Morgan fingerprint density at radius 2 is 2.00 bits per heavy atom. The van der Waals surface area contributed by atoms with Gasteiger partial charge in [-0.2, -0.15) is 0 Å². The van der Waals surface area contributed by atoms with Gasteiger partial charge in [0.15, 0.2) is 0 Å². The van der Waals surface area contributed by atoms with Gasteiger partial charge in [0.1, 0.15) is 0 Å². The summed E-state index contributed by atoms with van der Waals surface area (Å²) >= 11 is 0. The van der Waals surface area contributed by atoms with Crippen molar-refractivity contribution >= 4 is 5.71 Å². The molecule has 0 aromatic heterocycles. The fourth-order valence-electron chi connectivity index (χ4n) is 1.46. The maximum atomic E-state index is 5.30. The highest BCUT2D eigenvalue weighted by Crippen LogP contribution is 1.96. The van der Waals surface area contributed by atoms with Crippen LogP contribution in [-0.2, 0) is 4.74 Å². The first-order valence-corrected chi connectivity index (χ1v) is 5.95. The maximum Gasteiger partial charge on any atom is 0.0478 e. The fraction of sp³-hybridized carbons (Fsp3) is 0.917. The van der Waals surface area contributed by atoms with Gasteiger partial charge in [-0.25, -0.2) is 0 Å². The summed E-state index contributed by atoms with van der Waals surface area (Å²) in [5.74, 6) is 0. The summed E-state index contributed by atoms with van der Waals surface area (Å²) in [6.45, 7) is 8.12. The number of rotatable bonds is 9. The van der Waals surface area contributed by atoms with E-state index in [9.17, 15) is 0 Å². The van der Waals surface area contributed by atoms with Gasteiger partial charge in [-0.15, -0.1) is 0 Å². The van der Waals surface area contributed by atoms with Gasteiger partial charge < -0.3 is 9.64 Å². The molecule has 0 aromatic rings. The third kappa shape index (κ3) is 8.58. The van der Waals surface area contributed by atoms with Gasteiger partial charge in [0.2, 0.25) is 0 Å². The minimum absolute atomic E-state index is 0.826. The lowest BCUT2D eigenvalue weighted by Gasteiger charge is -2.16. The van der Waals surface area contributed by atoms with E-state index in [4.69, 9.17) is 4.74 Å². The second kappa shape index (κ2) is 10.1. The third-order valence-electron chi connectivity index (χ3n) is 2.54. The fourth-order valence-corrected chi connectivity index (χ4v) is 1.46. The van der Waals surface area contributed by atoms with Gasteiger partial charge in [0.05, 0.1) is 0 Å². The Kier molecular flexibility index (Phi) is 9.84. The molecule has 15 heavy (non-hydrogen) atoms. The molecule has 0 atom stereocenters. The van der Waals surface area contributed by atoms with E-state index in [1.54, 1.807) is 0 Å². The van der Waals surface area contributed by atoms with E-state index in [1.165, 1.54) is 5.71 Å². The summed E-state index contributed by atoms with van der Waals surface area (Å²) in [5, 5.41) is 0. The van der Waals surface area contributed by atoms with Gasteiger partial charge >= 0.3 is 0 Å². The highest BCUT2D eigenvalue weighted by Gasteiger charge is 2.00. The van der Waals surface area contributed by atoms with E-state index >= 15 is 0 Å². The smallest absolute Gasteiger partial charge is 0.0478 e. The van der Waals surface area contributed by atoms with Crippen LogP contribution in [0.25, 0.3) is 0 Å². The molecule has 0 bridgehead atoms. The average Bonchev–Trinajstić information content (AvgIpc) is 2.26. The first-order chi connectivity index (χ1) is 7.24. The summed E-state index contributed by atoms with van der Waals surface area (Å²) in [6, 6.07) is 0. The van der Waals surface area contributed by atoms with Crippen LogP contribution in [0, 0.1) is 0 Å². The number of nitrogens with zero attached hydrogens (tertiary/aromatic N) is 2. The summed E-state index contributed by atoms with van der Waals surface area (Å²) in [7, 11) is 4.04. The van der Waals surface area contributed by atoms with Crippen LogP contribution in [0.4, 0.5) is 0 Å². The Morgan fingerprint density at radius 1 is 1.27 bits per heavy atom. The number of aliphatic imine (C=N–C) groups is 1. The van der Waals surface area contributed by atoms with E-state index in [-0.39, 0.29) is 0 Å². The van der Waals surface area contributed by atoms with Crippen LogP contribution in [0.15, 0.2) is 4.99 Å². The Labute approximate surface area is 94.5 Å². The van der Waals surface area contributed by atoms with E-state index < -0.39 is 0 Å². The maximum absolute atomic E-state index is 5.30. The Balaban J connectivity index is 3.44. The van der Waals surface area contributed by atoms with Gasteiger partial charge in [-0.1, -0.05) is 6.92 Å². The molecular formula is C12H26N2O. The predicted octanol–water partition coefficient (Wildman–Crippen LogP) is 2.22. The quantitative estimate of drug-likeness (QED) is 0.434.